The van der Waals surface area contributed by atoms with E-state index < -0.39 is 18.5 Å². The molecule has 0 spiro atoms. The lowest BCUT2D eigenvalue weighted by Crippen LogP contribution is -2.21. The number of rotatable bonds is 7. The number of carbonyl (C=O) groups is 3. The van der Waals surface area contributed by atoms with E-state index in [0.29, 0.717) is 21.4 Å². The van der Waals surface area contributed by atoms with Crippen molar-refractivity contribution in [1.82, 2.24) is 0 Å². The van der Waals surface area contributed by atoms with Crippen molar-refractivity contribution in [3.8, 4) is 0 Å². The zero-order valence-electron chi connectivity index (χ0n) is 13.6. The first kappa shape index (κ1) is 19.8. The maximum Gasteiger partial charge on any atom is 0.306 e. The Labute approximate surface area is 160 Å². The van der Waals surface area contributed by atoms with Gasteiger partial charge in [-0.25, -0.2) is 0 Å². The normalized spacial score (nSPS) is 10.1. The van der Waals surface area contributed by atoms with Crippen molar-refractivity contribution in [1.29, 1.82) is 0 Å². The lowest BCUT2D eigenvalue weighted by atomic mass is 10.2. The van der Waals surface area contributed by atoms with Crippen LogP contribution in [-0.4, -0.2) is 24.4 Å². The van der Waals surface area contributed by atoms with Crippen molar-refractivity contribution in [2.24, 2.45) is 0 Å². The number of anilines is 2. The Morgan fingerprint density at radius 2 is 1.35 bits per heavy atom. The molecule has 26 heavy (non-hydrogen) atoms. The van der Waals surface area contributed by atoms with Gasteiger partial charge in [-0.15, -0.1) is 0 Å². The van der Waals surface area contributed by atoms with Crippen LogP contribution in [0.3, 0.4) is 0 Å². The molecule has 0 aliphatic carbocycles. The molecule has 0 atom stereocenters. The maximum absolute atomic E-state index is 11.8. The van der Waals surface area contributed by atoms with Crippen molar-refractivity contribution in [3.63, 3.8) is 0 Å². The third-order valence-corrected chi connectivity index (χ3v) is 3.61. The fourth-order valence-electron chi connectivity index (χ4n) is 1.99. The highest BCUT2D eigenvalue weighted by Crippen LogP contribution is 2.16. The highest BCUT2D eigenvalue weighted by atomic mass is 35.5. The minimum absolute atomic E-state index is 0.0682. The van der Waals surface area contributed by atoms with Crippen LogP contribution in [-0.2, 0) is 19.1 Å². The molecule has 136 valence electrons. The molecule has 6 nitrogen and oxygen atoms in total. The van der Waals surface area contributed by atoms with Gasteiger partial charge < -0.3 is 15.4 Å². The van der Waals surface area contributed by atoms with Crippen LogP contribution in [0.1, 0.15) is 12.8 Å². The first-order chi connectivity index (χ1) is 12.4. The predicted molar refractivity (Wildman–Crippen MR) is 100 cm³/mol. The summed E-state index contributed by atoms with van der Waals surface area (Å²) in [6, 6.07) is 13.2. The van der Waals surface area contributed by atoms with Gasteiger partial charge in [0.05, 0.1) is 6.42 Å². The minimum atomic E-state index is -0.646. The molecule has 2 amide bonds. The average Bonchev–Trinajstić information content (AvgIpc) is 2.58. The molecule has 2 aromatic carbocycles. The summed E-state index contributed by atoms with van der Waals surface area (Å²) in [4.78, 5) is 35.1. The Hall–Kier alpha value is -2.57. The molecule has 2 N–H and O–H groups in total. The van der Waals surface area contributed by atoms with Crippen molar-refractivity contribution in [2.75, 3.05) is 17.2 Å². The van der Waals surface area contributed by atoms with Crippen LogP contribution in [0, 0.1) is 0 Å². The van der Waals surface area contributed by atoms with E-state index in [1.165, 1.54) is 0 Å². The molecule has 2 rings (SSSR count). The quantitative estimate of drug-likeness (QED) is 0.697. The molecule has 2 aromatic rings. The third kappa shape index (κ3) is 7.13. The van der Waals surface area contributed by atoms with Gasteiger partial charge in [0.1, 0.15) is 0 Å². The first-order valence-electron chi connectivity index (χ1n) is 7.69. The van der Waals surface area contributed by atoms with Crippen LogP contribution in [0.25, 0.3) is 0 Å². The number of carbonyl (C=O) groups excluding carboxylic acids is 3. The molecule has 0 fully saturated rings. The van der Waals surface area contributed by atoms with E-state index in [-0.39, 0.29) is 18.7 Å². The molecular formula is C18H16Cl2N2O4. The second kappa shape index (κ2) is 9.79. The second-order valence-electron chi connectivity index (χ2n) is 5.28. The average molecular weight is 395 g/mol. The van der Waals surface area contributed by atoms with E-state index in [9.17, 15) is 14.4 Å². The molecule has 8 heteroatoms. The van der Waals surface area contributed by atoms with Gasteiger partial charge in [-0.2, -0.15) is 0 Å². The van der Waals surface area contributed by atoms with E-state index in [0.717, 1.165) is 0 Å². The van der Waals surface area contributed by atoms with Gasteiger partial charge in [-0.1, -0.05) is 35.3 Å². The summed E-state index contributed by atoms with van der Waals surface area (Å²) in [6.45, 7) is -0.443. The van der Waals surface area contributed by atoms with Gasteiger partial charge in [0.15, 0.2) is 6.61 Å². The Bertz CT molecular complexity index is 746. The number of hydrogen-bond acceptors (Lipinski definition) is 4. The van der Waals surface area contributed by atoms with Crippen LogP contribution < -0.4 is 10.6 Å². The van der Waals surface area contributed by atoms with Crippen molar-refractivity contribution < 1.29 is 19.1 Å². The standard InChI is InChI=1S/C18H16Cl2N2O4/c19-12-3-1-5-14(9-12)21-16(23)7-8-18(25)26-11-17(24)22-15-6-2-4-13(20)10-15/h1-6,9-10H,7-8,11H2,(H,21,23)(H,22,24). The molecule has 0 saturated heterocycles. The zero-order valence-corrected chi connectivity index (χ0v) is 15.1. The second-order valence-corrected chi connectivity index (χ2v) is 6.15. The Balaban J connectivity index is 1.68. The van der Waals surface area contributed by atoms with E-state index in [1.54, 1.807) is 48.5 Å². The van der Waals surface area contributed by atoms with E-state index in [2.05, 4.69) is 10.6 Å². The molecule has 0 aromatic heterocycles. The lowest BCUT2D eigenvalue weighted by Gasteiger charge is -2.07. The predicted octanol–water partition coefficient (Wildman–Crippen LogP) is 3.89. The zero-order chi connectivity index (χ0) is 18.9. The van der Waals surface area contributed by atoms with E-state index in [1.807, 2.05) is 0 Å². The number of ether oxygens (including phenoxy) is 1. The molecule has 0 radical (unpaired) electrons. The topological polar surface area (TPSA) is 84.5 Å². The van der Waals surface area contributed by atoms with Crippen LogP contribution in [0.5, 0.6) is 0 Å². The molecule has 0 aliphatic rings. The summed E-state index contributed by atoms with van der Waals surface area (Å²) < 4.78 is 4.84. The highest BCUT2D eigenvalue weighted by Gasteiger charge is 2.11. The summed E-state index contributed by atoms with van der Waals surface area (Å²) in [5, 5.41) is 6.14. The fourth-order valence-corrected chi connectivity index (χ4v) is 2.37. The van der Waals surface area contributed by atoms with Crippen LogP contribution in [0.4, 0.5) is 11.4 Å². The molecule has 0 heterocycles. The number of halogens is 2. The largest absolute Gasteiger partial charge is 0.456 e. The van der Waals surface area contributed by atoms with Gasteiger partial charge in [-0.3, -0.25) is 14.4 Å². The third-order valence-electron chi connectivity index (χ3n) is 3.14. The van der Waals surface area contributed by atoms with Crippen LogP contribution in [0.15, 0.2) is 48.5 Å². The number of esters is 1. The summed E-state index contributed by atoms with van der Waals surface area (Å²) in [5.41, 5.74) is 1.04. The monoisotopic (exact) mass is 394 g/mol. The molecule has 0 unspecified atom stereocenters. The first-order valence-corrected chi connectivity index (χ1v) is 8.44. The van der Waals surface area contributed by atoms with Gasteiger partial charge in [0.2, 0.25) is 5.91 Å². The van der Waals surface area contributed by atoms with Crippen LogP contribution in [0.2, 0.25) is 10.0 Å². The number of benzene rings is 2. The van der Waals surface area contributed by atoms with Gasteiger partial charge in [0, 0.05) is 27.8 Å². The van der Waals surface area contributed by atoms with Crippen molar-refractivity contribution in [3.05, 3.63) is 58.6 Å². The Kier molecular flexibility index (Phi) is 7.44. The van der Waals surface area contributed by atoms with Gasteiger partial charge in [-0.05, 0) is 36.4 Å². The van der Waals surface area contributed by atoms with Crippen molar-refractivity contribution >= 4 is 52.4 Å². The van der Waals surface area contributed by atoms with E-state index in [4.69, 9.17) is 27.9 Å². The Morgan fingerprint density at radius 1 is 0.808 bits per heavy atom. The fraction of sp³-hybridized carbons (Fsp3) is 0.167. The summed E-state index contributed by atoms with van der Waals surface area (Å²) in [7, 11) is 0. The van der Waals surface area contributed by atoms with Crippen LogP contribution >= 0.6 is 23.2 Å². The smallest absolute Gasteiger partial charge is 0.306 e. The summed E-state index contributed by atoms with van der Waals surface area (Å²) in [5.74, 6) is -1.50. The number of amides is 2. The number of nitrogens with one attached hydrogen (secondary N) is 2. The summed E-state index contributed by atoms with van der Waals surface area (Å²) >= 11 is 11.6. The SMILES string of the molecule is O=C(CCC(=O)OCC(=O)Nc1cccc(Cl)c1)Nc1cccc(Cl)c1. The molecular weight excluding hydrogens is 379 g/mol. The lowest BCUT2D eigenvalue weighted by molar-refractivity contribution is -0.147. The molecule has 0 bridgehead atoms. The van der Waals surface area contributed by atoms with Gasteiger partial charge >= 0.3 is 5.97 Å². The highest BCUT2D eigenvalue weighted by molar-refractivity contribution is 6.31. The maximum atomic E-state index is 11.8. The summed E-state index contributed by atoms with van der Waals surface area (Å²) in [6.07, 6.45) is -0.210. The molecule has 0 aliphatic heterocycles. The molecule has 0 saturated carbocycles. The van der Waals surface area contributed by atoms with Gasteiger partial charge in [0.25, 0.3) is 5.91 Å². The Morgan fingerprint density at radius 3 is 1.88 bits per heavy atom. The minimum Gasteiger partial charge on any atom is -0.456 e. The van der Waals surface area contributed by atoms with Crippen molar-refractivity contribution in [2.45, 2.75) is 12.8 Å². The van der Waals surface area contributed by atoms with E-state index >= 15 is 0 Å². The number of hydrogen-bond donors (Lipinski definition) is 2.